The molecule has 0 atom stereocenters. The first-order valence-corrected chi connectivity index (χ1v) is 17.8. The van der Waals surface area contributed by atoms with Crippen molar-refractivity contribution in [2.24, 2.45) is 0 Å². The lowest BCUT2D eigenvalue weighted by Crippen LogP contribution is -2.26. The second-order valence-electron chi connectivity index (χ2n) is 12.8. The molecule has 0 unspecified atom stereocenters. The van der Waals surface area contributed by atoms with E-state index in [1.54, 1.807) is 0 Å². The van der Waals surface area contributed by atoms with Gasteiger partial charge in [-0.15, -0.1) is 0 Å². The van der Waals surface area contributed by atoms with Gasteiger partial charge < -0.3 is 0 Å². The summed E-state index contributed by atoms with van der Waals surface area (Å²) in [4.78, 5) is 9.05. The van der Waals surface area contributed by atoms with Crippen molar-refractivity contribution in [1.29, 1.82) is 0 Å². The van der Waals surface area contributed by atoms with E-state index in [1.807, 2.05) is 24.8 Å². The molecule has 3 aromatic carbocycles. The summed E-state index contributed by atoms with van der Waals surface area (Å²) >= 11 is 0. The maximum absolute atomic E-state index is 4.53. The van der Waals surface area contributed by atoms with Crippen LogP contribution in [-0.2, 0) is 12.3 Å². The Balaban J connectivity index is 1.74. The Morgan fingerprint density at radius 3 is 1.33 bits per heavy atom. The molecular weight excluding hydrogens is 546 g/mol. The summed E-state index contributed by atoms with van der Waals surface area (Å²) in [6.07, 6.45) is 9.88. The first kappa shape index (κ1) is 30.3. The lowest BCUT2D eigenvalue weighted by atomic mass is 9.91. The van der Waals surface area contributed by atoms with Crippen LogP contribution < -0.4 is 10.6 Å². The van der Waals surface area contributed by atoms with Crippen molar-refractivity contribution >= 4 is 26.5 Å². The van der Waals surface area contributed by atoms with E-state index in [0.29, 0.717) is 0 Å². The van der Waals surface area contributed by atoms with E-state index in [9.17, 15) is 0 Å². The monoisotopic (exact) mass is 588 g/mol. The molecule has 0 amide bonds. The van der Waals surface area contributed by atoms with Crippen molar-refractivity contribution in [3.05, 3.63) is 133 Å². The van der Waals surface area contributed by atoms with E-state index in [1.165, 1.54) is 44.0 Å². The smallest absolute Gasteiger partial charge is 0.0348 e. The maximum atomic E-state index is 4.53. The van der Waals surface area contributed by atoms with Gasteiger partial charge in [-0.05, 0) is 92.7 Å². The summed E-state index contributed by atoms with van der Waals surface area (Å²) in [5, 5.41) is 3.03. The molecule has 2 nitrogen and oxygen atoms in total. The molecule has 214 valence electrons. The van der Waals surface area contributed by atoms with Crippen molar-refractivity contribution in [2.75, 3.05) is 0 Å². The summed E-state index contributed by atoms with van der Waals surface area (Å²) in [6.45, 7) is 14.6. The summed E-state index contributed by atoms with van der Waals surface area (Å²) in [5.74, 6) is 0. The fourth-order valence-corrected chi connectivity index (χ4v) is 11.7. The lowest BCUT2D eigenvalue weighted by molar-refractivity contribution is 0.702. The summed E-state index contributed by atoms with van der Waals surface area (Å²) in [5.41, 5.74) is 8.04. The summed E-state index contributed by atoms with van der Waals surface area (Å²) in [7, 11) is -1.02. The Morgan fingerprint density at radius 2 is 0.952 bits per heavy atom. The Labute approximate surface area is 255 Å². The minimum Gasteiger partial charge on any atom is -0.264 e. The highest BCUT2D eigenvalue weighted by Gasteiger charge is 2.35. The van der Waals surface area contributed by atoms with E-state index in [4.69, 9.17) is 0 Å². The molecule has 0 fully saturated rings. The molecule has 5 rings (SSSR count). The largest absolute Gasteiger partial charge is 0.264 e. The van der Waals surface area contributed by atoms with Gasteiger partial charge in [0.25, 0.3) is 0 Å². The van der Waals surface area contributed by atoms with Gasteiger partial charge in [-0.1, -0.05) is 122 Å². The molecule has 0 aliphatic carbocycles. The highest BCUT2D eigenvalue weighted by Crippen LogP contribution is 2.62. The highest BCUT2D eigenvalue weighted by molar-refractivity contribution is 7.72. The van der Waals surface area contributed by atoms with Gasteiger partial charge in [0.05, 0.1) is 0 Å². The molecule has 0 radical (unpaired) electrons. The molecule has 0 aliphatic rings. The van der Waals surface area contributed by atoms with Gasteiger partial charge in [-0.3, -0.25) is 9.97 Å². The Morgan fingerprint density at radius 1 is 0.524 bits per heavy atom. The van der Waals surface area contributed by atoms with Crippen molar-refractivity contribution in [1.82, 2.24) is 9.97 Å². The number of nitrogens with zero attached hydrogens (tertiary/aromatic N) is 2. The third kappa shape index (κ3) is 7.23. The molecule has 42 heavy (non-hydrogen) atoms. The first-order chi connectivity index (χ1) is 20.1. The Bertz CT molecular complexity index is 1520. The molecule has 2 heterocycles. The number of rotatable bonds is 8. The van der Waals surface area contributed by atoms with Crippen molar-refractivity contribution in [3.63, 3.8) is 0 Å². The van der Waals surface area contributed by atoms with Crippen LogP contribution in [0.4, 0.5) is 0 Å². The van der Waals surface area contributed by atoms with E-state index < -0.39 is 7.92 Å². The lowest BCUT2D eigenvalue weighted by Gasteiger charge is -2.42. The average Bonchev–Trinajstić information content (AvgIpc) is 2.99. The molecule has 0 bridgehead atoms. The van der Waals surface area contributed by atoms with Crippen LogP contribution in [0.15, 0.2) is 122 Å². The van der Waals surface area contributed by atoms with Crippen LogP contribution in [-0.4, -0.2) is 20.3 Å². The van der Waals surface area contributed by atoms with Gasteiger partial charge in [-0.2, -0.15) is 0 Å². The number of aromatic nitrogens is 2. The van der Waals surface area contributed by atoms with E-state index in [0.717, 1.165) is 12.3 Å². The van der Waals surface area contributed by atoms with Crippen LogP contribution in [0.25, 0.3) is 22.3 Å². The van der Waals surface area contributed by atoms with Gasteiger partial charge in [0.15, 0.2) is 0 Å². The second kappa shape index (κ2) is 13.0. The van der Waals surface area contributed by atoms with Crippen molar-refractivity contribution in [3.8, 4) is 22.3 Å². The number of hydrogen-bond acceptors (Lipinski definition) is 2. The second-order valence-corrected chi connectivity index (χ2v) is 18.9. The third-order valence-corrected chi connectivity index (χ3v) is 14.0. The number of hydrogen-bond donors (Lipinski definition) is 0. The molecule has 0 aliphatic heterocycles. The molecule has 0 saturated carbocycles. The molecule has 2 aromatic heterocycles. The van der Waals surface area contributed by atoms with Crippen LogP contribution in [0.3, 0.4) is 0 Å². The standard InChI is InChI=1S/C38H42N2P2/c1-37(2,3)42(38(4,5)6)28-32-24-36(30-17-11-8-12-18-30)35(29-15-9-7-10-16-29)23-31(32)27-41(33-19-13-21-39-25-33)34-20-14-22-40-26-34/h7-26H,27-28H2,1-6H3. The molecule has 0 spiro atoms. The minimum atomic E-state index is -0.688. The summed E-state index contributed by atoms with van der Waals surface area (Å²) < 4.78 is 0. The molecule has 4 heteroatoms. The predicted molar refractivity (Wildman–Crippen MR) is 186 cm³/mol. The fraction of sp³-hybridized carbons (Fsp3) is 0.263. The van der Waals surface area contributed by atoms with Crippen LogP contribution in [0.1, 0.15) is 52.7 Å². The van der Waals surface area contributed by atoms with Crippen molar-refractivity contribution in [2.45, 2.75) is 64.2 Å². The van der Waals surface area contributed by atoms with E-state index in [-0.39, 0.29) is 18.2 Å². The Hall–Kier alpha value is -3.18. The van der Waals surface area contributed by atoms with Crippen LogP contribution in [0.5, 0.6) is 0 Å². The predicted octanol–water partition coefficient (Wildman–Crippen LogP) is 10.0. The molecule has 5 aromatic rings. The third-order valence-electron chi connectivity index (χ3n) is 7.70. The topological polar surface area (TPSA) is 25.8 Å². The normalized spacial score (nSPS) is 12.2. The molecule has 0 saturated heterocycles. The summed E-state index contributed by atoms with van der Waals surface area (Å²) in [6, 6.07) is 35.4. The van der Waals surface area contributed by atoms with Crippen LogP contribution in [0.2, 0.25) is 0 Å². The fourth-order valence-electron chi connectivity index (χ4n) is 5.88. The van der Waals surface area contributed by atoms with Crippen molar-refractivity contribution < 1.29 is 0 Å². The zero-order valence-corrected chi connectivity index (χ0v) is 27.5. The van der Waals surface area contributed by atoms with E-state index in [2.05, 4.69) is 149 Å². The average molecular weight is 589 g/mol. The van der Waals surface area contributed by atoms with Gasteiger partial charge in [0, 0.05) is 30.9 Å². The molecular formula is C38H42N2P2. The molecule has 0 N–H and O–H groups in total. The zero-order chi connectivity index (χ0) is 29.7. The number of pyridine rings is 2. The minimum absolute atomic E-state index is 0.229. The zero-order valence-electron chi connectivity index (χ0n) is 25.8. The highest BCUT2D eigenvalue weighted by atomic mass is 31.1. The maximum Gasteiger partial charge on any atom is 0.0348 e. The van der Waals surface area contributed by atoms with Gasteiger partial charge in [0.1, 0.15) is 0 Å². The van der Waals surface area contributed by atoms with Gasteiger partial charge in [0.2, 0.25) is 0 Å². The van der Waals surface area contributed by atoms with Crippen LogP contribution >= 0.6 is 15.8 Å². The first-order valence-electron chi connectivity index (χ1n) is 14.7. The van der Waals surface area contributed by atoms with Crippen LogP contribution in [0, 0.1) is 0 Å². The Kier molecular flexibility index (Phi) is 9.37. The van der Waals surface area contributed by atoms with E-state index >= 15 is 0 Å². The SMILES string of the molecule is CC(C)(C)P(Cc1cc(-c2ccccc2)c(-c2ccccc2)cc1CP(c1cccnc1)c1cccnc1)C(C)(C)C. The number of benzene rings is 3. The quantitative estimate of drug-likeness (QED) is 0.169. The van der Waals surface area contributed by atoms with Gasteiger partial charge in [-0.25, -0.2) is 0 Å². The van der Waals surface area contributed by atoms with Gasteiger partial charge >= 0.3 is 0 Å².